The van der Waals surface area contributed by atoms with Crippen LogP contribution in [0.4, 0.5) is 0 Å². The van der Waals surface area contributed by atoms with Crippen LogP contribution in [-0.2, 0) is 35.0 Å². The van der Waals surface area contributed by atoms with Crippen LogP contribution >= 0.6 is 0 Å². The summed E-state index contributed by atoms with van der Waals surface area (Å²) in [6.07, 6.45) is -23.1. The van der Waals surface area contributed by atoms with Gasteiger partial charge in [0.25, 0.3) is 0 Å². The Morgan fingerprint density at radius 1 is 0.600 bits per heavy atom. The van der Waals surface area contributed by atoms with Crippen LogP contribution in [0.2, 0.25) is 0 Å². The van der Waals surface area contributed by atoms with Crippen LogP contribution in [-0.4, -0.2) is 151 Å². The van der Waals surface area contributed by atoms with Crippen LogP contribution in [0, 0.1) is 0 Å². The van der Waals surface area contributed by atoms with Crippen molar-refractivity contribution in [1.82, 2.24) is 0 Å². The van der Waals surface area contributed by atoms with Crippen molar-refractivity contribution in [3.05, 3.63) is 35.9 Å². The predicted octanol–water partition coefficient (Wildman–Crippen LogP) is -4.32. The van der Waals surface area contributed by atoms with E-state index in [1.165, 1.54) is 6.92 Å². The Morgan fingerprint density at radius 2 is 1.18 bits per heavy atom. The molecule has 1 aromatic rings. The van der Waals surface area contributed by atoms with Crippen LogP contribution in [0.5, 0.6) is 0 Å². The van der Waals surface area contributed by atoms with Gasteiger partial charge in [0, 0.05) is 0 Å². The summed E-state index contributed by atoms with van der Waals surface area (Å²) in [5.41, 5.74) is 0.768. The third-order valence-corrected chi connectivity index (χ3v) is 7.29. The van der Waals surface area contributed by atoms with Gasteiger partial charge in [-0.3, -0.25) is 0 Å². The second kappa shape index (κ2) is 13.7. The fourth-order valence-corrected chi connectivity index (χ4v) is 4.86. The van der Waals surface area contributed by atoms with Gasteiger partial charge < -0.3 is 74.4 Å². The van der Waals surface area contributed by atoms with Crippen molar-refractivity contribution in [1.29, 1.82) is 0 Å². The van der Waals surface area contributed by atoms with E-state index in [0.717, 1.165) is 5.56 Å². The smallest absolute Gasteiger partial charge is 0.187 e. The molecule has 15 atom stereocenters. The number of benzene rings is 1. The van der Waals surface area contributed by atoms with Gasteiger partial charge in [0.1, 0.15) is 67.1 Å². The molecule has 40 heavy (non-hydrogen) atoms. The Bertz CT molecular complexity index is 907. The maximum absolute atomic E-state index is 10.9. The van der Waals surface area contributed by atoms with Crippen molar-refractivity contribution in [3.8, 4) is 0 Å². The summed E-state index contributed by atoms with van der Waals surface area (Å²) < 4.78 is 33.7. The molecule has 0 aromatic heterocycles. The third-order valence-electron chi connectivity index (χ3n) is 7.29. The topological polar surface area (TPSA) is 237 Å². The van der Waals surface area contributed by atoms with Crippen LogP contribution < -0.4 is 0 Å². The second-order valence-electron chi connectivity index (χ2n) is 10.1. The number of hydrogen-bond donors (Lipinski definition) is 9. The van der Waals surface area contributed by atoms with Crippen molar-refractivity contribution >= 4 is 0 Å². The van der Waals surface area contributed by atoms with Crippen LogP contribution in [0.25, 0.3) is 0 Å². The molecule has 0 unspecified atom stereocenters. The molecular formula is C25H38O15. The molecule has 3 aliphatic rings. The first-order chi connectivity index (χ1) is 19.1. The minimum atomic E-state index is -1.80. The van der Waals surface area contributed by atoms with Crippen molar-refractivity contribution < 1.29 is 74.4 Å². The average molecular weight is 579 g/mol. The van der Waals surface area contributed by atoms with E-state index in [9.17, 15) is 46.0 Å². The van der Waals surface area contributed by atoms with E-state index in [1.54, 1.807) is 24.3 Å². The lowest BCUT2D eigenvalue weighted by molar-refractivity contribution is -0.387. The fraction of sp³-hybridized carbons (Fsp3) is 0.760. The molecule has 3 fully saturated rings. The third kappa shape index (κ3) is 6.64. The summed E-state index contributed by atoms with van der Waals surface area (Å²) in [5.74, 6) is 0. The molecule has 4 rings (SSSR count). The highest BCUT2D eigenvalue weighted by Gasteiger charge is 2.53. The molecular weight excluding hydrogens is 540 g/mol. The van der Waals surface area contributed by atoms with E-state index in [2.05, 4.69) is 0 Å². The monoisotopic (exact) mass is 578 g/mol. The molecule has 0 bridgehead atoms. The van der Waals surface area contributed by atoms with Crippen molar-refractivity contribution in [2.45, 2.75) is 106 Å². The first kappa shape index (κ1) is 31.6. The Hall–Kier alpha value is -1.38. The Kier molecular flexibility index (Phi) is 10.8. The van der Waals surface area contributed by atoms with E-state index < -0.39 is 105 Å². The van der Waals surface area contributed by atoms with Crippen LogP contribution in [0.1, 0.15) is 12.5 Å². The summed E-state index contributed by atoms with van der Waals surface area (Å²) in [6.45, 7) is -0.00163. The first-order valence-corrected chi connectivity index (χ1v) is 13.0. The molecule has 0 saturated carbocycles. The zero-order valence-electron chi connectivity index (χ0n) is 21.6. The van der Waals surface area contributed by atoms with E-state index in [1.807, 2.05) is 6.07 Å². The Labute approximate surface area is 229 Å². The van der Waals surface area contributed by atoms with Gasteiger partial charge in [0.05, 0.1) is 25.9 Å². The Balaban J connectivity index is 1.50. The molecule has 228 valence electrons. The van der Waals surface area contributed by atoms with Gasteiger partial charge >= 0.3 is 0 Å². The lowest BCUT2D eigenvalue weighted by Crippen LogP contribution is -2.66. The highest BCUT2D eigenvalue weighted by Crippen LogP contribution is 2.33. The van der Waals surface area contributed by atoms with E-state index in [0.29, 0.717) is 0 Å². The van der Waals surface area contributed by atoms with E-state index in [-0.39, 0.29) is 6.61 Å². The van der Waals surface area contributed by atoms with Crippen molar-refractivity contribution in [2.75, 3.05) is 13.2 Å². The molecule has 1 aromatic carbocycles. The molecule has 0 aliphatic carbocycles. The molecule has 3 heterocycles. The van der Waals surface area contributed by atoms with E-state index in [4.69, 9.17) is 28.4 Å². The molecule has 3 aliphatic heterocycles. The van der Waals surface area contributed by atoms with Gasteiger partial charge in [0.2, 0.25) is 0 Å². The highest BCUT2D eigenvalue weighted by molar-refractivity contribution is 5.13. The average Bonchev–Trinajstić information content (AvgIpc) is 2.96. The minimum absolute atomic E-state index is 0.0333. The van der Waals surface area contributed by atoms with Gasteiger partial charge in [-0.2, -0.15) is 0 Å². The number of hydrogen-bond acceptors (Lipinski definition) is 15. The molecule has 3 saturated heterocycles. The van der Waals surface area contributed by atoms with Crippen molar-refractivity contribution in [3.63, 3.8) is 0 Å². The van der Waals surface area contributed by atoms with Crippen LogP contribution in [0.3, 0.4) is 0 Å². The lowest BCUT2D eigenvalue weighted by Gasteiger charge is -2.48. The van der Waals surface area contributed by atoms with Gasteiger partial charge in [0.15, 0.2) is 18.9 Å². The molecule has 15 nitrogen and oxygen atoms in total. The predicted molar refractivity (Wildman–Crippen MR) is 129 cm³/mol. The molecule has 9 N–H and O–H groups in total. The number of ether oxygens (including phenoxy) is 6. The minimum Gasteiger partial charge on any atom is -0.394 e. The normalized spacial score (nSPS) is 46.3. The van der Waals surface area contributed by atoms with E-state index >= 15 is 0 Å². The van der Waals surface area contributed by atoms with Gasteiger partial charge in [-0.15, -0.1) is 0 Å². The Morgan fingerprint density at radius 3 is 1.82 bits per heavy atom. The highest BCUT2D eigenvalue weighted by atomic mass is 16.8. The standard InChI is InChI=1S/C25H38O15/c1-10-14(28)16(30)19(33)24(36-10)40-22-17(31)15(29)12(7-26)37-25(22)39-21-13(8-27)38-23(20(34)18(21)32)35-9-11-5-3-2-4-6-11/h2-6,10,12-34H,7-9H2,1H3/t10-,12+,13+,14+,15-,16+,17-,18+,19-,20+,21+,22+,23+,24-,25-/m0/s1. The zero-order valence-corrected chi connectivity index (χ0v) is 21.6. The van der Waals surface area contributed by atoms with Crippen molar-refractivity contribution in [2.24, 2.45) is 0 Å². The largest absolute Gasteiger partial charge is 0.394 e. The summed E-state index contributed by atoms with van der Waals surface area (Å²) in [7, 11) is 0. The molecule has 15 heteroatoms. The first-order valence-electron chi connectivity index (χ1n) is 13.0. The quantitative estimate of drug-likeness (QED) is 0.135. The zero-order chi connectivity index (χ0) is 29.1. The van der Waals surface area contributed by atoms with Gasteiger partial charge in [-0.25, -0.2) is 0 Å². The maximum Gasteiger partial charge on any atom is 0.187 e. The molecule has 0 radical (unpaired) electrons. The number of rotatable bonds is 9. The fourth-order valence-electron chi connectivity index (χ4n) is 4.86. The van der Waals surface area contributed by atoms with Gasteiger partial charge in [-0.05, 0) is 12.5 Å². The SMILES string of the molecule is C[C@@H]1O[C@@H](O[C@H]2[C@H](O[C@H]3[C@H](O)[C@@H](O)[C@H](OCc4ccccc4)O[C@@H]3CO)O[C@H](CO)[C@H](O)[C@@H]2O)[C@@H](O)[C@H](O)[C@@H]1O. The number of aliphatic hydroxyl groups is 9. The summed E-state index contributed by atoms with van der Waals surface area (Å²) in [4.78, 5) is 0. The summed E-state index contributed by atoms with van der Waals surface area (Å²) >= 11 is 0. The lowest BCUT2D eigenvalue weighted by atomic mass is 9.96. The van der Waals surface area contributed by atoms with Crippen LogP contribution in [0.15, 0.2) is 30.3 Å². The van der Waals surface area contributed by atoms with Gasteiger partial charge in [-0.1, -0.05) is 30.3 Å². The maximum atomic E-state index is 10.9. The summed E-state index contributed by atoms with van der Waals surface area (Å²) in [5, 5.41) is 92.9. The second-order valence-corrected chi connectivity index (χ2v) is 10.1. The summed E-state index contributed by atoms with van der Waals surface area (Å²) in [6, 6.07) is 8.97. The molecule has 0 amide bonds. The molecule has 0 spiro atoms. The number of aliphatic hydroxyl groups excluding tert-OH is 9.